The minimum absolute atomic E-state index is 0.0378. The van der Waals surface area contributed by atoms with Crippen molar-refractivity contribution in [1.82, 2.24) is 16.2 Å². The van der Waals surface area contributed by atoms with Crippen molar-refractivity contribution in [2.75, 3.05) is 13.2 Å². The number of benzene rings is 2. The summed E-state index contributed by atoms with van der Waals surface area (Å²) in [6, 6.07) is 8.88. The second kappa shape index (κ2) is 10.2. The summed E-state index contributed by atoms with van der Waals surface area (Å²) in [6.07, 6.45) is 0. The number of rotatable bonds is 7. The Morgan fingerprint density at radius 3 is 2.40 bits per heavy atom. The molecule has 0 aliphatic carbocycles. The maximum absolute atomic E-state index is 12.1. The third-order valence-electron chi connectivity index (χ3n) is 3.92. The highest BCUT2D eigenvalue weighted by Crippen LogP contribution is 2.21. The van der Waals surface area contributed by atoms with Gasteiger partial charge in [-0.2, -0.15) is 0 Å². The minimum atomic E-state index is -0.694. The summed E-state index contributed by atoms with van der Waals surface area (Å²) in [4.78, 5) is 45.9. The summed E-state index contributed by atoms with van der Waals surface area (Å²) in [7, 11) is 0. The first-order valence-corrected chi connectivity index (χ1v) is 9.05. The maximum atomic E-state index is 12.1. The molecule has 0 fully saturated rings. The average Bonchev–Trinajstić information content (AvgIpc) is 2.71. The number of halogens is 1. The first-order valence-electron chi connectivity index (χ1n) is 8.67. The van der Waals surface area contributed by atoms with Crippen LogP contribution in [-0.2, 0) is 9.59 Å². The summed E-state index contributed by atoms with van der Waals surface area (Å²) in [5.41, 5.74) is 5.30. The summed E-state index contributed by atoms with van der Waals surface area (Å²) < 4.78 is 5.29. The molecule has 0 bridgehead atoms. The lowest BCUT2D eigenvalue weighted by molar-refractivity contribution is -0.385. The molecule has 2 aromatic rings. The second-order valence-corrected chi connectivity index (χ2v) is 6.64. The van der Waals surface area contributed by atoms with Gasteiger partial charge in [0, 0.05) is 22.2 Å². The van der Waals surface area contributed by atoms with Crippen molar-refractivity contribution in [3.05, 3.63) is 68.2 Å². The van der Waals surface area contributed by atoms with Crippen molar-refractivity contribution in [2.45, 2.75) is 13.8 Å². The van der Waals surface area contributed by atoms with Gasteiger partial charge in [-0.15, -0.1) is 0 Å². The Balaban J connectivity index is 1.75. The monoisotopic (exact) mass is 434 g/mol. The predicted molar refractivity (Wildman–Crippen MR) is 108 cm³/mol. The molecule has 0 heterocycles. The first-order chi connectivity index (χ1) is 14.2. The maximum Gasteiger partial charge on any atom is 0.276 e. The van der Waals surface area contributed by atoms with Crippen molar-refractivity contribution < 1.29 is 24.0 Å². The molecule has 30 heavy (non-hydrogen) atoms. The molecule has 3 N–H and O–H groups in total. The largest absolute Gasteiger partial charge is 0.484 e. The second-order valence-electron chi connectivity index (χ2n) is 6.24. The quantitative estimate of drug-likeness (QED) is 0.448. The number of nitro groups is 1. The van der Waals surface area contributed by atoms with Gasteiger partial charge in [0.1, 0.15) is 5.75 Å². The van der Waals surface area contributed by atoms with Gasteiger partial charge in [0.25, 0.3) is 23.4 Å². The molecule has 0 atom stereocenters. The van der Waals surface area contributed by atoms with Crippen LogP contribution in [0.25, 0.3) is 0 Å². The van der Waals surface area contributed by atoms with Crippen molar-refractivity contribution in [3.8, 4) is 5.75 Å². The number of hydrogen-bond acceptors (Lipinski definition) is 6. The van der Waals surface area contributed by atoms with E-state index in [9.17, 15) is 24.5 Å². The smallest absolute Gasteiger partial charge is 0.276 e. The molecule has 0 saturated carbocycles. The van der Waals surface area contributed by atoms with Crippen LogP contribution in [0.4, 0.5) is 5.69 Å². The Morgan fingerprint density at radius 2 is 1.73 bits per heavy atom. The van der Waals surface area contributed by atoms with Crippen molar-refractivity contribution in [3.63, 3.8) is 0 Å². The third-order valence-corrected chi connectivity index (χ3v) is 4.34. The molecule has 3 amide bonds. The van der Waals surface area contributed by atoms with E-state index in [1.807, 2.05) is 0 Å². The molecule has 2 aromatic carbocycles. The number of nitro benzene ring substituents is 1. The average molecular weight is 435 g/mol. The molecule has 2 rings (SSSR count). The topological polar surface area (TPSA) is 140 Å². The van der Waals surface area contributed by atoms with Crippen LogP contribution in [-0.4, -0.2) is 35.8 Å². The van der Waals surface area contributed by atoms with E-state index in [2.05, 4.69) is 16.2 Å². The van der Waals surface area contributed by atoms with Crippen LogP contribution in [0, 0.1) is 24.0 Å². The predicted octanol–water partition coefficient (Wildman–Crippen LogP) is 1.82. The van der Waals surface area contributed by atoms with Crippen molar-refractivity contribution >= 4 is 35.0 Å². The lowest BCUT2D eigenvalue weighted by atomic mass is 10.1. The van der Waals surface area contributed by atoms with Gasteiger partial charge in [-0.05, 0) is 43.7 Å². The number of nitrogens with zero attached hydrogens (tertiary/aromatic N) is 1. The van der Waals surface area contributed by atoms with Crippen LogP contribution in [0.15, 0.2) is 36.4 Å². The molecule has 0 aromatic heterocycles. The van der Waals surface area contributed by atoms with Crippen LogP contribution in [0.3, 0.4) is 0 Å². The number of amides is 3. The molecule has 10 nitrogen and oxygen atoms in total. The van der Waals surface area contributed by atoms with E-state index >= 15 is 0 Å². The van der Waals surface area contributed by atoms with Gasteiger partial charge >= 0.3 is 0 Å². The number of nitrogens with one attached hydrogen (secondary N) is 3. The SMILES string of the molecule is Cc1cc(OCC(=O)NNC(=O)CNC(=O)c2ccc(C)c([N+](=O)[O-])c2)ccc1Cl. The normalized spacial score (nSPS) is 10.1. The van der Waals surface area contributed by atoms with Gasteiger partial charge in [0.2, 0.25) is 0 Å². The fraction of sp³-hybridized carbons (Fsp3) is 0.211. The zero-order valence-corrected chi connectivity index (χ0v) is 16.9. The molecular weight excluding hydrogens is 416 g/mol. The fourth-order valence-corrected chi connectivity index (χ4v) is 2.40. The van der Waals surface area contributed by atoms with E-state index in [1.165, 1.54) is 12.1 Å². The minimum Gasteiger partial charge on any atom is -0.484 e. The van der Waals surface area contributed by atoms with Gasteiger partial charge in [0.05, 0.1) is 11.5 Å². The number of carbonyl (C=O) groups is 3. The van der Waals surface area contributed by atoms with E-state index in [-0.39, 0.29) is 17.9 Å². The summed E-state index contributed by atoms with van der Waals surface area (Å²) in [5.74, 6) is -1.53. The highest BCUT2D eigenvalue weighted by atomic mass is 35.5. The molecule has 0 aliphatic rings. The van der Waals surface area contributed by atoms with Crippen LogP contribution >= 0.6 is 11.6 Å². The van der Waals surface area contributed by atoms with E-state index in [4.69, 9.17) is 16.3 Å². The zero-order chi connectivity index (χ0) is 22.3. The number of ether oxygens (including phenoxy) is 1. The number of aryl methyl sites for hydroxylation is 2. The molecule has 0 unspecified atom stereocenters. The molecule has 11 heteroatoms. The van der Waals surface area contributed by atoms with E-state index in [1.54, 1.807) is 32.0 Å². The van der Waals surface area contributed by atoms with Gasteiger partial charge in [0.15, 0.2) is 6.61 Å². The van der Waals surface area contributed by atoms with Crippen molar-refractivity contribution in [2.24, 2.45) is 0 Å². The van der Waals surface area contributed by atoms with E-state index in [0.29, 0.717) is 16.3 Å². The Labute approximate surface area is 176 Å². The lowest BCUT2D eigenvalue weighted by Gasteiger charge is -2.10. The highest BCUT2D eigenvalue weighted by molar-refractivity contribution is 6.31. The lowest BCUT2D eigenvalue weighted by Crippen LogP contribution is -2.47. The Bertz CT molecular complexity index is 995. The number of hydrogen-bond donors (Lipinski definition) is 3. The summed E-state index contributed by atoms with van der Waals surface area (Å²) >= 11 is 5.91. The molecule has 0 saturated heterocycles. The van der Waals surface area contributed by atoms with Gasteiger partial charge in [-0.3, -0.25) is 35.3 Å². The molecule has 0 spiro atoms. The molecular formula is C19H19ClN4O6. The standard InChI is InChI=1S/C19H19ClN4O6/c1-11-3-4-13(8-16(11)24(28)29)19(27)21-9-17(25)22-23-18(26)10-30-14-5-6-15(20)12(2)7-14/h3-8H,9-10H2,1-2H3,(H,21,27)(H,22,25)(H,23,26). The Hall–Kier alpha value is -3.66. The molecule has 0 radical (unpaired) electrons. The zero-order valence-electron chi connectivity index (χ0n) is 16.2. The summed E-state index contributed by atoms with van der Waals surface area (Å²) in [6.45, 7) is 2.55. The van der Waals surface area contributed by atoms with Crippen LogP contribution in [0.2, 0.25) is 5.02 Å². The Morgan fingerprint density at radius 1 is 1.03 bits per heavy atom. The van der Waals surface area contributed by atoms with E-state index in [0.717, 1.165) is 11.6 Å². The van der Waals surface area contributed by atoms with Gasteiger partial charge < -0.3 is 10.1 Å². The Kier molecular flexibility index (Phi) is 7.70. The van der Waals surface area contributed by atoms with Gasteiger partial charge in [-0.25, -0.2) is 0 Å². The molecule has 0 aliphatic heterocycles. The highest BCUT2D eigenvalue weighted by Gasteiger charge is 2.15. The van der Waals surface area contributed by atoms with Gasteiger partial charge in [-0.1, -0.05) is 17.7 Å². The molecule has 158 valence electrons. The van der Waals surface area contributed by atoms with Crippen LogP contribution in [0.1, 0.15) is 21.5 Å². The first kappa shape index (κ1) is 22.6. The number of carbonyl (C=O) groups excluding carboxylic acids is 3. The fourth-order valence-electron chi connectivity index (χ4n) is 2.29. The summed E-state index contributed by atoms with van der Waals surface area (Å²) in [5, 5.41) is 13.8. The van der Waals surface area contributed by atoms with E-state index < -0.39 is 29.2 Å². The van der Waals surface area contributed by atoms with Crippen LogP contribution < -0.4 is 20.9 Å². The van der Waals surface area contributed by atoms with Crippen molar-refractivity contribution in [1.29, 1.82) is 0 Å². The number of hydrazine groups is 1. The van der Waals surface area contributed by atoms with Crippen LogP contribution in [0.5, 0.6) is 5.75 Å². The third kappa shape index (κ3) is 6.45.